The zero-order chi connectivity index (χ0) is 16.8. The topological polar surface area (TPSA) is 70.2 Å². The molecule has 2 amide bonds. The Hall–Kier alpha value is -2.53. The summed E-state index contributed by atoms with van der Waals surface area (Å²) < 4.78 is 0. The predicted molar refractivity (Wildman–Crippen MR) is 93.9 cm³/mol. The van der Waals surface area contributed by atoms with Crippen LogP contribution in [0, 0.1) is 0 Å². The molecule has 0 aliphatic heterocycles. The number of anilines is 3. The van der Waals surface area contributed by atoms with E-state index in [4.69, 9.17) is 11.6 Å². The molecule has 0 aromatic heterocycles. The highest BCUT2D eigenvalue weighted by Crippen LogP contribution is 2.18. The summed E-state index contributed by atoms with van der Waals surface area (Å²) in [4.78, 5) is 23.3. The lowest BCUT2D eigenvalue weighted by molar-refractivity contribution is -0.116. The lowest BCUT2D eigenvalue weighted by Gasteiger charge is -2.16. The summed E-state index contributed by atoms with van der Waals surface area (Å²) in [5, 5.41) is 9.15. The average Bonchev–Trinajstić information content (AvgIpc) is 2.46. The molecule has 2 rings (SSSR count). The minimum atomic E-state index is -0.457. The van der Waals surface area contributed by atoms with Gasteiger partial charge in [-0.3, -0.25) is 9.59 Å². The number of amides is 2. The lowest BCUT2D eigenvalue weighted by atomic mass is 10.2. The molecule has 0 spiro atoms. The molecule has 2 aromatic rings. The van der Waals surface area contributed by atoms with Crippen molar-refractivity contribution in [2.24, 2.45) is 0 Å². The molecular formula is C17H18ClN3O2. The molecule has 0 radical (unpaired) electrons. The number of hydrogen-bond acceptors (Lipinski definition) is 3. The van der Waals surface area contributed by atoms with E-state index in [1.165, 1.54) is 6.92 Å². The molecule has 0 aliphatic carbocycles. The van der Waals surface area contributed by atoms with Crippen molar-refractivity contribution in [2.75, 3.05) is 16.0 Å². The third-order valence-corrected chi connectivity index (χ3v) is 3.29. The van der Waals surface area contributed by atoms with Crippen molar-refractivity contribution in [3.63, 3.8) is 0 Å². The number of halogens is 1. The van der Waals surface area contributed by atoms with E-state index >= 15 is 0 Å². The minimum Gasteiger partial charge on any atom is -0.374 e. The molecule has 0 saturated carbocycles. The van der Waals surface area contributed by atoms with E-state index in [0.29, 0.717) is 16.4 Å². The Bertz CT molecular complexity index is 718. The Morgan fingerprint density at radius 1 is 0.957 bits per heavy atom. The Labute approximate surface area is 140 Å². The van der Waals surface area contributed by atoms with Gasteiger partial charge in [-0.2, -0.15) is 0 Å². The Balaban J connectivity index is 1.99. The van der Waals surface area contributed by atoms with Crippen LogP contribution in [-0.4, -0.2) is 17.9 Å². The van der Waals surface area contributed by atoms with Crippen LogP contribution in [-0.2, 0) is 9.59 Å². The molecule has 1 atom stereocenters. The summed E-state index contributed by atoms with van der Waals surface area (Å²) in [6.45, 7) is 3.20. The van der Waals surface area contributed by atoms with E-state index < -0.39 is 6.04 Å². The molecule has 0 heterocycles. The number of carbonyl (C=O) groups excluding carboxylic acids is 2. The molecule has 6 heteroatoms. The molecule has 0 unspecified atom stereocenters. The molecule has 2 aromatic carbocycles. The lowest BCUT2D eigenvalue weighted by Crippen LogP contribution is -2.31. The highest BCUT2D eigenvalue weighted by Gasteiger charge is 2.13. The first-order valence-corrected chi connectivity index (χ1v) is 7.52. The maximum atomic E-state index is 12.2. The number of rotatable bonds is 5. The molecule has 0 aliphatic rings. The average molecular weight is 332 g/mol. The first-order chi connectivity index (χ1) is 10.9. The van der Waals surface area contributed by atoms with Gasteiger partial charge < -0.3 is 16.0 Å². The number of benzene rings is 2. The fourth-order valence-electron chi connectivity index (χ4n) is 2.02. The number of nitrogens with one attached hydrogen (secondary N) is 3. The van der Waals surface area contributed by atoms with Crippen LogP contribution < -0.4 is 16.0 Å². The van der Waals surface area contributed by atoms with Crippen LogP contribution in [0.2, 0.25) is 5.02 Å². The fourth-order valence-corrected chi connectivity index (χ4v) is 2.21. The maximum absolute atomic E-state index is 12.2. The van der Waals surface area contributed by atoms with Crippen LogP contribution in [0.5, 0.6) is 0 Å². The summed E-state index contributed by atoms with van der Waals surface area (Å²) >= 11 is 5.90. The van der Waals surface area contributed by atoms with Gasteiger partial charge in [0.15, 0.2) is 0 Å². The molecule has 120 valence electrons. The molecule has 5 nitrogen and oxygen atoms in total. The summed E-state index contributed by atoms with van der Waals surface area (Å²) in [6, 6.07) is 13.7. The van der Waals surface area contributed by atoms with Gasteiger partial charge in [-0.15, -0.1) is 0 Å². The second kappa shape index (κ2) is 7.65. The second-order valence-corrected chi connectivity index (χ2v) is 5.56. The zero-order valence-electron chi connectivity index (χ0n) is 12.9. The minimum absolute atomic E-state index is 0.145. The van der Waals surface area contributed by atoms with Crippen LogP contribution in [0.15, 0.2) is 48.5 Å². The van der Waals surface area contributed by atoms with Crippen molar-refractivity contribution in [2.45, 2.75) is 19.9 Å². The van der Waals surface area contributed by atoms with Gasteiger partial charge in [-0.25, -0.2) is 0 Å². The normalized spacial score (nSPS) is 11.4. The number of hydrogen-bond donors (Lipinski definition) is 3. The molecular weight excluding hydrogens is 314 g/mol. The number of carbonyl (C=O) groups is 2. The van der Waals surface area contributed by atoms with Crippen molar-refractivity contribution < 1.29 is 9.59 Å². The van der Waals surface area contributed by atoms with Crippen molar-refractivity contribution >= 4 is 40.5 Å². The third-order valence-electron chi connectivity index (χ3n) is 3.05. The summed E-state index contributed by atoms with van der Waals surface area (Å²) in [7, 11) is 0. The molecule has 0 saturated heterocycles. The summed E-state index contributed by atoms with van der Waals surface area (Å²) in [5.41, 5.74) is 2.05. The van der Waals surface area contributed by atoms with Crippen molar-refractivity contribution in [3.8, 4) is 0 Å². The predicted octanol–water partition coefficient (Wildman–Crippen LogP) is 3.74. The van der Waals surface area contributed by atoms with Crippen molar-refractivity contribution in [3.05, 3.63) is 53.6 Å². The monoisotopic (exact) mass is 331 g/mol. The van der Waals surface area contributed by atoms with Crippen molar-refractivity contribution in [1.82, 2.24) is 0 Å². The first-order valence-electron chi connectivity index (χ1n) is 7.14. The smallest absolute Gasteiger partial charge is 0.246 e. The highest BCUT2D eigenvalue weighted by molar-refractivity contribution is 6.30. The highest BCUT2D eigenvalue weighted by atomic mass is 35.5. The van der Waals surface area contributed by atoms with Crippen LogP contribution >= 0.6 is 11.6 Å². The fraction of sp³-hybridized carbons (Fsp3) is 0.176. The van der Waals surface area contributed by atoms with E-state index in [1.54, 1.807) is 49.4 Å². The molecule has 0 fully saturated rings. The van der Waals surface area contributed by atoms with Crippen LogP contribution in [0.3, 0.4) is 0 Å². The Morgan fingerprint density at radius 2 is 1.57 bits per heavy atom. The van der Waals surface area contributed by atoms with Gasteiger partial charge in [0.25, 0.3) is 0 Å². The summed E-state index contributed by atoms with van der Waals surface area (Å²) in [6.07, 6.45) is 0. The molecule has 23 heavy (non-hydrogen) atoms. The maximum Gasteiger partial charge on any atom is 0.246 e. The van der Waals surface area contributed by atoms with Gasteiger partial charge in [0, 0.05) is 29.0 Å². The second-order valence-electron chi connectivity index (χ2n) is 5.13. The van der Waals surface area contributed by atoms with Gasteiger partial charge >= 0.3 is 0 Å². The molecule has 0 bridgehead atoms. The van der Waals surface area contributed by atoms with Crippen LogP contribution in [0.1, 0.15) is 13.8 Å². The summed E-state index contributed by atoms with van der Waals surface area (Å²) in [5.74, 6) is -0.328. The van der Waals surface area contributed by atoms with E-state index in [1.807, 2.05) is 6.07 Å². The zero-order valence-corrected chi connectivity index (χ0v) is 13.6. The van der Waals surface area contributed by atoms with Crippen molar-refractivity contribution in [1.29, 1.82) is 0 Å². The Morgan fingerprint density at radius 3 is 2.22 bits per heavy atom. The van der Waals surface area contributed by atoms with Gasteiger partial charge in [0.1, 0.15) is 6.04 Å². The van der Waals surface area contributed by atoms with E-state index in [9.17, 15) is 9.59 Å². The van der Waals surface area contributed by atoms with Crippen LogP contribution in [0.4, 0.5) is 17.1 Å². The van der Waals surface area contributed by atoms with E-state index in [2.05, 4.69) is 16.0 Å². The Kier molecular flexibility index (Phi) is 5.60. The van der Waals surface area contributed by atoms with Crippen LogP contribution in [0.25, 0.3) is 0 Å². The largest absolute Gasteiger partial charge is 0.374 e. The molecule has 3 N–H and O–H groups in total. The van der Waals surface area contributed by atoms with Gasteiger partial charge in [0.2, 0.25) is 11.8 Å². The standard InChI is InChI=1S/C17H18ClN3O2/c1-11(17(23)21-14-6-3-5-13(18)9-14)19-15-7-4-8-16(10-15)20-12(2)22/h3-11,19H,1-2H3,(H,20,22)(H,21,23)/t11-/m0/s1. The first kappa shape index (κ1) is 16.8. The van der Waals surface area contributed by atoms with E-state index in [-0.39, 0.29) is 11.8 Å². The van der Waals surface area contributed by atoms with E-state index in [0.717, 1.165) is 5.69 Å². The van der Waals surface area contributed by atoms with Gasteiger partial charge in [-0.1, -0.05) is 23.7 Å². The van der Waals surface area contributed by atoms with Gasteiger partial charge in [0.05, 0.1) is 0 Å². The SMILES string of the molecule is CC(=O)Nc1cccc(N[C@@H](C)C(=O)Nc2cccc(Cl)c2)c1. The van der Waals surface area contributed by atoms with Gasteiger partial charge in [-0.05, 0) is 43.3 Å². The third kappa shape index (κ3) is 5.30. The quantitative estimate of drug-likeness (QED) is 0.781.